The maximum atomic E-state index is 12.0. The van der Waals surface area contributed by atoms with Crippen LogP contribution < -0.4 is 15.8 Å². The molecule has 0 bridgehead atoms. The summed E-state index contributed by atoms with van der Waals surface area (Å²) in [5.41, 5.74) is 5.24. The number of carbonyl (C=O) groups excluding carboxylic acids is 1. The van der Waals surface area contributed by atoms with Crippen molar-refractivity contribution in [2.24, 2.45) is 11.1 Å². The molecule has 1 rings (SSSR count). The van der Waals surface area contributed by atoms with Gasteiger partial charge in [0.15, 0.2) is 0 Å². The van der Waals surface area contributed by atoms with Crippen LogP contribution in [0.3, 0.4) is 0 Å². The van der Waals surface area contributed by atoms with Crippen LogP contribution >= 0.6 is 0 Å². The first-order chi connectivity index (χ1) is 9.20. The number of rotatable bonds is 5. The zero-order chi connectivity index (χ0) is 15.4. The number of halogens is 3. The van der Waals surface area contributed by atoms with E-state index in [2.05, 4.69) is 10.1 Å². The molecule has 1 atom stereocenters. The lowest BCUT2D eigenvalue weighted by Gasteiger charge is -2.25. The third-order valence-electron chi connectivity index (χ3n) is 3.12. The van der Waals surface area contributed by atoms with Crippen LogP contribution in [0.2, 0.25) is 0 Å². The number of anilines is 1. The monoisotopic (exact) mass is 290 g/mol. The SMILES string of the molecule is CCC(C)(CN)C(=O)Nc1ccc(OC(F)(F)F)cc1. The molecule has 0 heterocycles. The molecule has 0 aliphatic heterocycles. The van der Waals surface area contributed by atoms with Crippen molar-refractivity contribution >= 4 is 11.6 Å². The average molecular weight is 290 g/mol. The summed E-state index contributed by atoms with van der Waals surface area (Å²) in [6.45, 7) is 3.75. The molecule has 0 saturated heterocycles. The van der Waals surface area contributed by atoms with Gasteiger partial charge < -0.3 is 15.8 Å². The van der Waals surface area contributed by atoms with E-state index >= 15 is 0 Å². The van der Waals surface area contributed by atoms with Gasteiger partial charge in [-0.25, -0.2) is 0 Å². The van der Waals surface area contributed by atoms with E-state index in [-0.39, 0.29) is 18.2 Å². The van der Waals surface area contributed by atoms with Gasteiger partial charge in [-0.05, 0) is 37.6 Å². The number of nitrogens with one attached hydrogen (secondary N) is 1. The zero-order valence-electron chi connectivity index (χ0n) is 11.3. The van der Waals surface area contributed by atoms with Gasteiger partial charge in [0, 0.05) is 12.2 Å². The second-order valence-corrected chi connectivity index (χ2v) is 4.64. The van der Waals surface area contributed by atoms with E-state index in [4.69, 9.17) is 5.73 Å². The minimum absolute atomic E-state index is 0.185. The van der Waals surface area contributed by atoms with Crippen LogP contribution in [0.4, 0.5) is 18.9 Å². The summed E-state index contributed by atoms with van der Waals surface area (Å²) >= 11 is 0. The summed E-state index contributed by atoms with van der Waals surface area (Å²) < 4.78 is 39.7. The van der Waals surface area contributed by atoms with E-state index in [0.717, 1.165) is 12.1 Å². The van der Waals surface area contributed by atoms with Crippen molar-refractivity contribution in [2.75, 3.05) is 11.9 Å². The molecule has 0 spiro atoms. The Balaban J connectivity index is 2.73. The van der Waals surface area contributed by atoms with Gasteiger partial charge in [0.2, 0.25) is 5.91 Å². The molecule has 1 amide bonds. The van der Waals surface area contributed by atoms with E-state index in [1.807, 2.05) is 6.92 Å². The van der Waals surface area contributed by atoms with E-state index in [1.54, 1.807) is 6.92 Å². The first-order valence-electron chi connectivity index (χ1n) is 6.07. The molecule has 0 radical (unpaired) electrons. The summed E-state index contributed by atoms with van der Waals surface area (Å²) in [6.07, 6.45) is -4.17. The Hall–Kier alpha value is -1.76. The largest absolute Gasteiger partial charge is 0.573 e. The zero-order valence-corrected chi connectivity index (χ0v) is 11.3. The first-order valence-corrected chi connectivity index (χ1v) is 6.07. The highest BCUT2D eigenvalue weighted by Gasteiger charge is 2.31. The van der Waals surface area contributed by atoms with Crippen molar-refractivity contribution in [3.05, 3.63) is 24.3 Å². The Labute approximate surface area is 115 Å². The van der Waals surface area contributed by atoms with Crippen molar-refractivity contribution in [2.45, 2.75) is 26.6 Å². The molecular weight excluding hydrogens is 273 g/mol. The molecule has 20 heavy (non-hydrogen) atoms. The second-order valence-electron chi connectivity index (χ2n) is 4.64. The Bertz CT molecular complexity index is 454. The van der Waals surface area contributed by atoms with Crippen LogP contribution in [0.25, 0.3) is 0 Å². The van der Waals surface area contributed by atoms with Gasteiger partial charge in [0.1, 0.15) is 5.75 Å². The number of nitrogens with two attached hydrogens (primary N) is 1. The molecule has 0 aliphatic rings. The number of amides is 1. The maximum Gasteiger partial charge on any atom is 0.573 e. The predicted octanol–water partition coefficient (Wildman–Crippen LogP) is 2.90. The molecule has 112 valence electrons. The lowest BCUT2D eigenvalue weighted by atomic mass is 9.86. The average Bonchev–Trinajstić information content (AvgIpc) is 2.38. The molecule has 7 heteroatoms. The molecule has 1 unspecified atom stereocenters. The van der Waals surface area contributed by atoms with Gasteiger partial charge in [-0.1, -0.05) is 6.92 Å². The molecule has 4 nitrogen and oxygen atoms in total. The fraction of sp³-hybridized carbons (Fsp3) is 0.462. The highest BCUT2D eigenvalue weighted by Crippen LogP contribution is 2.25. The molecule has 1 aromatic carbocycles. The van der Waals surface area contributed by atoms with Gasteiger partial charge in [0.05, 0.1) is 5.41 Å². The fourth-order valence-electron chi connectivity index (χ4n) is 1.42. The van der Waals surface area contributed by atoms with Gasteiger partial charge >= 0.3 is 6.36 Å². The Morgan fingerprint density at radius 3 is 2.25 bits per heavy atom. The van der Waals surface area contributed by atoms with Gasteiger partial charge in [-0.2, -0.15) is 0 Å². The van der Waals surface area contributed by atoms with E-state index in [9.17, 15) is 18.0 Å². The molecule has 0 aromatic heterocycles. The van der Waals surface area contributed by atoms with Crippen LogP contribution in [0.1, 0.15) is 20.3 Å². The lowest BCUT2D eigenvalue weighted by molar-refractivity contribution is -0.274. The molecule has 3 N–H and O–H groups in total. The fourth-order valence-corrected chi connectivity index (χ4v) is 1.42. The molecule has 0 saturated carbocycles. The summed E-state index contributed by atoms with van der Waals surface area (Å²) in [6, 6.07) is 4.95. The van der Waals surface area contributed by atoms with Crippen LogP contribution in [-0.4, -0.2) is 18.8 Å². The van der Waals surface area contributed by atoms with Crippen molar-refractivity contribution in [1.82, 2.24) is 0 Å². The summed E-state index contributed by atoms with van der Waals surface area (Å²) in [4.78, 5) is 12.0. The van der Waals surface area contributed by atoms with Crippen molar-refractivity contribution in [3.63, 3.8) is 0 Å². The maximum absolute atomic E-state index is 12.0. The smallest absolute Gasteiger partial charge is 0.406 e. The number of hydrogen-bond donors (Lipinski definition) is 2. The van der Waals surface area contributed by atoms with E-state index < -0.39 is 11.8 Å². The molecule has 0 aliphatic carbocycles. The topological polar surface area (TPSA) is 64.4 Å². The van der Waals surface area contributed by atoms with E-state index in [1.165, 1.54) is 12.1 Å². The van der Waals surface area contributed by atoms with Gasteiger partial charge in [0.25, 0.3) is 0 Å². The number of alkyl halides is 3. The Morgan fingerprint density at radius 2 is 1.85 bits per heavy atom. The third-order valence-corrected chi connectivity index (χ3v) is 3.12. The highest BCUT2D eigenvalue weighted by molar-refractivity contribution is 5.95. The summed E-state index contributed by atoms with van der Waals surface area (Å²) in [5.74, 6) is -0.612. The third kappa shape index (κ3) is 4.41. The Morgan fingerprint density at radius 1 is 1.30 bits per heavy atom. The predicted molar refractivity (Wildman–Crippen MR) is 69.2 cm³/mol. The van der Waals surface area contributed by atoms with Crippen LogP contribution in [0.15, 0.2) is 24.3 Å². The minimum atomic E-state index is -4.73. The normalized spacial score (nSPS) is 14.5. The van der Waals surface area contributed by atoms with Crippen LogP contribution in [-0.2, 0) is 4.79 Å². The van der Waals surface area contributed by atoms with Gasteiger partial charge in [-0.15, -0.1) is 13.2 Å². The van der Waals surface area contributed by atoms with E-state index in [0.29, 0.717) is 12.1 Å². The number of carbonyl (C=O) groups is 1. The number of benzene rings is 1. The quantitative estimate of drug-likeness (QED) is 0.876. The molecule has 1 aromatic rings. The van der Waals surface area contributed by atoms with Crippen LogP contribution in [0, 0.1) is 5.41 Å². The molecular formula is C13H17F3N2O2. The van der Waals surface area contributed by atoms with Crippen molar-refractivity contribution in [3.8, 4) is 5.75 Å². The summed E-state index contributed by atoms with van der Waals surface area (Å²) in [5, 5.41) is 2.62. The first kappa shape index (κ1) is 16.3. The standard InChI is InChI=1S/C13H17F3N2O2/c1-3-12(2,8-17)11(19)18-9-4-6-10(7-5-9)20-13(14,15)16/h4-7H,3,8,17H2,1-2H3,(H,18,19). The van der Waals surface area contributed by atoms with Crippen LogP contribution in [0.5, 0.6) is 5.75 Å². The minimum Gasteiger partial charge on any atom is -0.406 e. The van der Waals surface area contributed by atoms with Gasteiger partial charge in [-0.3, -0.25) is 4.79 Å². The summed E-state index contributed by atoms with van der Waals surface area (Å²) in [7, 11) is 0. The second kappa shape index (κ2) is 6.13. The number of hydrogen-bond acceptors (Lipinski definition) is 3. The van der Waals surface area contributed by atoms with Crippen molar-refractivity contribution < 1.29 is 22.7 Å². The lowest BCUT2D eigenvalue weighted by Crippen LogP contribution is -2.39. The van der Waals surface area contributed by atoms with Crippen molar-refractivity contribution in [1.29, 1.82) is 0 Å². The molecule has 0 fully saturated rings. The highest BCUT2D eigenvalue weighted by atomic mass is 19.4. The Kier molecular flexibility index (Phi) is 4.99. The number of ether oxygens (including phenoxy) is 1.